The summed E-state index contributed by atoms with van der Waals surface area (Å²) >= 11 is 9.36. The fourth-order valence-corrected chi connectivity index (χ4v) is 2.33. The monoisotopic (exact) mass is 353 g/mol. The molecule has 0 aliphatic rings. The molecule has 5 heteroatoms. The van der Waals surface area contributed by atoms with Crippen molar-refractivity contribution in [3.05, 3.63) is 57.0 Å². The van der Waals surface area contributed by atoms with Crippen molar-refractivity contribution in [3.63, 3.8) is 0 Å². The van der Waals surface area contributed by atoms with Gasteiger partial charge in [0.2, 0.25) is 0 Å². The zero-order valence-electron chi connectivity index (χ0n) is 11.0. The van der Waals surface area contributed by atoms with Gasteiger partial charge >= 0.3 is 0 Å². The van der Waals surface area contributed by atoms with Crippen molar-refractivity contribution in [3.8, 4) is 5.75 Å². The number of carbonyl (C=O) groups excluding carboxylic acids is 1. The molecule has 2 rings (SSSR count). The molecule has 0 saturated carbocycles. The second-order valence-electron chi connectivity index (χ2n) is 4.26. The Balaban J connectivity index is 2.33. The maximum absolute atomic E-state index is 12.4. The Labute approximate surface area is 131 Å². The lowest BCUT2D eigenvalue weighted by Gasteiger charge is -2.11. The van der Waals surface area contributed by atoms with Gasteiger partial charge in [-0.05, 0) is 47.1 Å². The molecule has 2 aromatic carbocycles. The smallest absolute Gasteiger partial charge is 0.259 e. The van der Waals surface area contributed by atoms with Crippen molar-refractivity contribution in [2.45, 2.75) is 6.92 Å². The van der Waals surface area contributed by atoms with Crippen LogP contribution in [0, 0.1) is 6.92 Å². The van der Waals surface area contributed by atoms with Gasteiger partial charge in [-0.25, -0.2) is 0 Å². The van der Waals surface area contributed by atoms with Gasteiger partial charge in [-0.1, -0.05) is 29.3 Å². The third-order valence-electron chi connectivity index (χ3n) is 2.80. The summed E-state index contributed by atoms with van der Waals surface area (Å²) < 4.78 is 5.87. The predicted octanol–water partition coefficient (Wildman–Crippen LogP) is 4.67. The molecule has 0 aromatic heterocycles. The topological polar surface area (TPSA) is 38.3 Å². The second-order valence-corrected chi connectivity index (χ2v) is 5.46. The molecule has 0 aliphatic carbocycles. The van der Waals surface area contributed by atoms with Crippen molar-refractivity contribution in [2.24, 2.45) is 0 Å². The molecule has 104 valence electrons. The molecule has 0 aliphatic heterocycles. The minimum absolute atomic E-state index is 0.242. The number of hydrogen-bond donors (Lipinski definition) is 1. The van der Waals surface area contributed by atoms with Gasteiger partial charge in [0.15, 0.2) is 0 Å². The first-order chi connectivity index (χ1) is 9.52. The number of methoxy groups -OCH3 is 1. The number of anilines is 1. The Morgan fingerprint density at radius 3 is 2.75 bits per heavy atom. The molecule has 0 radical (unpaired) electrons. The number of aryl methyl sites for hydroxylation is 1. The average Bonchev–Trinajstić information content (AvgIpc) is 2.43. The van der Waals surface area contributed by atoms with Crippen molar-refractivity contribution >= 4 is 39.1 Å². The van der Waals surface area contributed by atoms with Crippen molar-refractivity contribution < 1.29 is 9.53 Å². The first-order valence-electron chi connectivity index (χ1n) is 5.93. The lowest BCUT2D eigenvalue weighted by Crippen LogP contribution is -2.13. The molecule has 0 fully saturated rings. The van der Waals surface area contributed by atoms with Crippen LogP contribution in [0.4, 0.5) is 5.69 Å². The molecule has 3 nitrogen and oxygen atoms in total. The number of halogens is 2. The first kappa shape index (κ1) is 14.9. The molecule has 1 N–H and O–H groups in total. The van der Waals surface area contributed by atoms with Crippen LogP contribution >= 0.6 is 27.5 Å². The first-order valence-corrected chi connectivity index (χ1v) is 7.10. The molecule has 1 amide bonds. The van der Waals surface area contributed by atoms with Crippen LogP contribution in [0.25, 0.3) is 0 Å². The van der Waals surface area contributed by atoms with E-state index in [1.54, 1.807) is 30.3 Å². The van der Waals surface area contributed by atoms with Crippen LogP contribution in [0.1, 0.15) is 15.9 Å². The van der Waals surface area contributed by atoms with Crippen LogP contribution in [-0.2, 0) is 0 Å². The minimum atomic E-state index is -0.242. The molecule has 0 bridgehead atoms. The highest BCUT2D eigenvalue weighted by Gasteiger charge is 2.14. The molecule has 0 unspecified atom stereocenters. The van der Waals surface area contributed by atoms with E-state index < -0.39 is 0 Å². The molecule has 20 heavy (non-hydrogen) atoms. The third-order valence-corrected chi connectivity index (χ3v) is 4.20. The van der Waals surface area contributed by atoms with Crippen LogP contribution in [0.3, 0.4) is 0 Å². The van der Waals surface area contributed by atoms with Gasteiger partial charge in [0.05, 0.1) is 27.9 Å². The lowest BCUT2D eigenvalue weighted by atomic mass is 10.1. The quantitative estimate of drug-likeness (QED) is 0.869. The van der Waals surface area contributed by atoms with Gasteiger partial charge in [0.25, 0.3) is 5.91 Å². The number of amides is 1. The molecule has 0 heterocycles. The van der Waals surface area contributed by atoms with E-state index >= 15 is 0 Å². The fourth-order valence-electron chi connectivity index (χ4n) is 1.79. The number of rotatable bonds is 3. The van der Waals surface area contributed by atoms with Gasteiger partial charge in [-0.2, -0.15) is 0 Å². The highest BCUT2D eigenvalue weighted by Crippen LogP contribution is 2.31. The summed E-state index contributed by atoms with van der Waals surface area (Å²) in [6, 6.07) is 10.7. The van der Waals surface area contributed by atoms with E-state index in [0.29, 0.717) is 26.5 Å². The number of nitrogens with one attached hydrogen (secondary N) is 1. The number of hydrogen-bond acceptors (Lipinski definition) is 2. The normalized spacial score (nSPS) is 10.2. The highest BCUT2D eigenvalue weighted by atomic mass is 79.9. The van der Waals surface area contributed by atoms with Gasteiger partial charge in [0.1, 0.15) is 5.75 Å². The fraction of sp³-hybridized carbons (Fsp3) is 0.133. The maximum atomic E-state index is 12.4. The number of ether oxygens (including phenoxy) is 1. The summed E-state index contributed by atoms with van der Waals surface area (Å²) in [4.78, 5) is 12.4. The predicted molar refractivity (Wildman–Crippen MR) is 84.8 cm³/mol. The largest absolute Gasteiger partial charge is 0.496 e. The van der Waals surface area contributed by atoms with Crippen molar-refractivity contribution in [2.75, 3.05) is 12.4 Å². The van der Waals surface area contributed by atoms with Crippen molar-refractivity contribution in [1.29, 1.82) is 0 Å². The second kappa shape index (κ2) is 6.29. The van der Waals surface area contributed by atoms with Gasteiger partial charge in [-0.3, -0.25) is 4.79 Å². The van der Waals surface area contributed by atoms with E-state index in [1.807, 2.05) is 13.0 Å². The summed E-state index contributed by atoms with van der Waals surface area (Å²) in [6.45, 7) is 1.92. The van der Waals surface area contributed by atoms with Gasteiger partial charge in [0, 0.05) is 0 Å². The maximum Gasteiger partial charge on any atom is 0.259 e. The average molecular weight is 355 g/mol. The Morgan fingerprint density at radius 1 is 1.30 bits per heavy atom. The Morgan fingerprint density at radius 2 is 2.05 bits per heavy atom. The Bertz CT molecular complexity index is 658. The van der Waals surface area contributed by atoms with E-state index in [2.05, 4.69) is 21.2 Å². The molecule has 0 spiro atoms. The molecular formula is C15H13BrClNO2. The van der Waals surface area contributed by atoms with Crippen LogP contribution in [0.15, 0.2) is 40.9 Å². The van der Waals surface area contributed by atoms with Crippen LogP contribution in [0.5, 0.6) is 5.75 Å². The number of carbonyl (C=O) groups is 1. The van der Waals surface area contributed by atoms with Crippen LogP contribution < -0.4 is 10.1 Å². The summed E-state index contributed by atoms with van der Waals surface area (Å²) in [6.07, 6.45) is 0. The van der Waals surface area contributed by atoms with Crippen LogP contribution in [0.2, 0.25) is 5.02 Å². The van der Waals surface area contributed by atoms with Crippen LogP contribution in [-0.4, -0.2) is 13.0 Å². The minimum Gasteiger partial charge on any atom is -0.496 e. The SMILES string of the molecule is COc1ccc(C)cc1C(=O)Nc1cccc(Cl)c1Br. The van der Waals surface area contributed by atoms with E-state index in [4.69, 9.17) is 16.3 Å². The zero-order valence-corrected chi connectivity index (χ0v) is 13.4. The van der Waals surface area contributed by atoms with E-state index in [0.717, 1.165) is 5.56 Å². The van der Waals surface area contributed by atoms with E-state index in [1.165, 1.54) is 7.11 Å². The molecule has 2 aromatic rings. The Hall–Kier alpha value is -1.52. The summed E-state index contributed by atoms with van der Waals surface area (Å²) in [5, 5.41) is 3.36. The summed E-state index contributed by atoms with van der Waals surface area (Å²) in [7, 11) is 1.54. The van der Waals surface area contributed by atoms with E-state index in [9.17, 15) is 4.79 Å². The van der Waals surface area contributed by atoms with E-state index in [-0.39, 0.29) is 5.91 Å². The molecule has 0 atom stereocenters. The highest BCUT2D eigenvalue weighted by molar-refractivity contribution is 9.10. The zero-order chi connectivity index (χ0) is 14.7. The molecular weight excluding hydrogens is 342 g/mol. The summed E-state index contributed by atoms with van der Waals surface area (Å²) in [5.41, 5.74) is 2.09. The van der Waals surface area contributed by atoms with Gasteiger partial charge in [-0.15, -0.1) is 0 Å². The third kappa shape index (κ3) is 3.14. The van der Waals surface area contributed by atoms with Crippen molar-refractivity contribution in [1.82, 2.24) is 0 Å². The standard InChI is InChI=1S/C15H13BrClNO2/c1-9-6-7-13(20-2)10(8-9)15(19)18-12-5-3-4-11(17)14(12)16/h3-8H,1-2H3,(H,18,19). The molecule has 0 saturated heterocycles. The number of benzene rings is 2. The van der Waals surface area contributed by atoms with Gasteiger partial charge < -0.3 is 10.1 Å². The summed E-state index contributed by atoms with van der Waals surface area (Å²) in [5.74, 6) is 0.291. The lowest BCUT2D eigenvalue weighted by molar-refractivity contribution is 0.102. The Kier molecular flexibility index (Phi) is 4.68.